The van der Waals surface area contributed by atoms with Gasteiger partial charge in [0.2, 0.25) is 0 Å². The Hall–Kier alpha value is -1.55. The van der Waals surface area contributed by atoms with Gasteiger partial charge in [0.15, 0.2) is 0 Å². The van der Waals surface area contributed by atoms with Gasteiger partial charge in [-0.25, -0.2) is 0 Å². The van der Waals surface area contributed by atoms with E-state index in [1.54, 1.807) is 12.1 Å². The minimum absolute atomic E-state index is 0.0940. The molecule has 0 bridgehead atoms. The van der Waals surface area contributed by atoms with Crippen LogP contribution < -0.4 is 11.1 Å². The maximum atomic E-state index is 11.4. The fourth-order valence-corrected chi connectivity index (χ4v) is 1.05. The lowest BCUT2D eigenvalue weighted by Gasteiger charge is -2.03. The second-order valence-electron chi connectivity index (χ2n) is 2.95. The smallest absolute Gasteiger partial charge is 0.251 e. The molecule has 0 saturated carbocycles. The van der Waals surface area contributed by atoms with Crippen LogP contribution in [0.4, 0.5) is 0 Å². The molecule has 0 aliphatic rings. The molecule has 4 N–H and O–H groups in total. The number of nitrogens with two attached hydrogens (primary N) is 1. The molecule has 0 aliphatic heterocycles. The second-order valence-corrected chi connectivity index (χ2v) is 2.95. The van der Waals surface area contributed by atoms with Crippen LogP contribution >= 0.6 is 0 Å². The third kappa shape index (κ3) is 3.06. The van der Waals surface area contributed by atoms with E-state index in [4.69, 9.17) is 10.8 Å². The van der Waals surface area contributed by atoms with Crippen molar-refractivity contribution in [2.75, 3.05) is 13.1 Å². The van der Waals surface area contributed by atoms with Gasteiger partial charge in [0.05, 0.1) is 0 Å². The standard InChI is InChI=1S/C10H14N2O2/c11-5-2-6-12-10(14)8-3-1-4-9(13)7-8/h1,3-4,7,13H,2,5-6,11H2,(H,12,14). The minimum atomic E-state index is -0.186. The lowest BCUT2D eigenvalue weighted by Crippen LogP contribution is -2.25. The molecule has 0 atom stereocenters. The molecule has 1 aromatic carbocycles. The number of phenols is 1. The highest BCUT2D eigenvalue weighted by atomic mass is 16.3. The summed E-state index contributed by atoms with van der Waals surface area (Å²) in [5.74, 6) is -0.0918. The summed E-state index contributed by atoms with van der Waals surface area (Å²) in [5.41, 5.74) is 5.75. The first-order valence-electron chi connectivity index (χ1n) is 4.51. The number of amides is 1. The highest BCUT2D eigenvalue weighted by Crippen LogP contribution is 2.10. The molecule has 0 heterocycles. The van der Waals surface area contributed by atoms with Crippen molar-refractivity contribution in [2.45, 2.75) is 6.42 Å². The van der Waals surface area contributed by atoms with Gasteiger partial charge in [-0.2, -0.15) is 0 Å². The van der Waals surface area contributed by atoms with Gasteiger partial charge in [0.25, 0.3) is 5.91 Å². The van der Waals surface area contributed by atoms with Gasteiger partial charge >= 0.3 is 0 Å². The molecule has 0 spiro atoms. The lowest BCUT2D eigenvalue weighted by molar-refractivity contribution is 0.0953. The van der Waals surface area contributed by atoms with Gasteiger partial charge in [-0.1, -0.05) is 6.07 Å². The Labute approximate surface area is 82.7 Å². The van der Waals surface area contributed by atoms with Crippen molar-refractivity contribution in [2.24, 2.45) is 5.73 Å². The average Bonchev–Trinajstić information content (AvgIpc) is 2.18. The molecule has 4 heteroatoms. The Bertz CT molecular complexity index is 313. The van der Waals surface area contributed by atoms with Crippen molar-refractivity contribution in [1.29, 1.82) is 0 Å². The number of carbonyl (C=O) groups excluding carboxylic acids is 1. The number of hydrogen-bond acceptors (Lipinski definition) is 3. The zero-order chi connectivity index (χ0) is 10.4. The van der Waals surface area contributed by atoms with Gasteiger partial charge in [-0.15, -0.1) is 0 Å². The zero-order valence-corrected chi connectivity index (χ0v) is 7.86. The molecule has 0 saturated heterocycles. The van der Waals surface area contributed by atoms with Crippen molar-refractivity contribution in [3.05, 3.63) is 29.8 Å². The highest BCUT2D eigenvalue weighted by Gasteiger charge is 2.04. The maximum Gasteiger partial charge on any atom is 0.251 e. The van der Waals surface area contributed by atoms with Gasteiger partial charge < -0.3 is 16.2 Å². The van der Waals surface area contributed by atoms with Crippen LogP contribution in [0.5, 0.6) is 5.75 Å². The molecule has 0 fully saturated rings. The summed E-state index contributed by atoms with van der Waals surface area (Å²) in [6.45, 7) is 1.12. The first-order chi connectivity index (χ1) is 6.74. The SMILES string of the molecule is NCCCNC(=O)c1cccc(O)c1. The van der Waals surface area contributed by atoms with E-state index >= 15 is 0 Å². The van der Waals surface area contributed by atoms with Crippen LogP contribution in [-0.2, 0) is 0 Å². The fraction of sp³-hybridized carbons (Fsp3) is 0.300. The number of benzene rings is 1. The molecule has 1 amide bonds. The molecular weight excluding hydrogens is 180 g/mol. The molecule has 76 valence electrons. The minimum Gasteiger partial charge on any atom is -0.508 e. The quantitative estimate of drug-likeness (QED) is 0.610. The number of phenolic OH excluding ortho intramolecular Hbond substituents is 1. The van der Waals surface area contributed by atoms with Crippen LogP contribution in [0.25, 0.3) is 0 Å². The Kier molecular flexibility index (Phi) is 3.94. The Balaban J connectivity index is 2.52. The third-order valence-electron chi connectivity index (χ3n) is 1.77. The van der Waals surface area contributed by atoms with E-state index in [-0.39, 0.29) is 11.7 Å². The summed E-state index contributed by atoms with van der Waals surface area (Å²) in [6.07, 6.45) is 0.755. The van der Waals surface area contributed by atoms with Crippen LogP contribution in [0.15, 0.2) is 24.3 Å². The van der Waals surface area contributed by atoms with Crippen LogP contribution in [0.1, 0.15) is 16.8 Å². The average molecular weight is 194 g/mol. The van der Waals surface area contributed by atoms with Crippen molar-refractivity contribution in [3.8, 4) is 5.75 Å². The molecule has 14 heavy (non-hydrogen) atoms. The largest absolute Gasteiger partial charge is 0.508 e. The predicted octanol–water partition coefficient (Wildman–Crippen LogP) is 0.471. The van der Waals surface area contributed by atoms with Gasteiger partial charge in [-0.05, 0) is 31.2 Å². The molecule has 1 rings (SSSR count). The normalized spacial score (nSPS) is 9.79. The van der Waals surface area contributed by atoms with Gasteiger partial charge in [0.1, 0.15) is 5.75 Å². The van der Waals surface area contributed by atoms with Crippen molar-refractivity contribution < 1.29 is 9.90 Å². The topological polar surface area (TPSA) is 75.3 Å². The summed E-state index contributed by atoms with van der Waals surface area (Å²) >= 11 is 0. The number of aromatic hydroxyl groups is 1. The van der Waals surface area contributed by atoms with Gasteiger partial charge in [-0.3, -0.25) is 4.79 Å². The molecule has 1 aromatic rings. The monoisotopic (exact) mass is 194 g/mol. The summed E-state index contributed by atoms with van der Waals surface area (Å²) in [7, 11) is 0. The Morgan fingerprint density at radius 1 is 1.50 bits per heavy atom. The van der Waals surface area contributed by atoms with E-state index in [0.717, 1.165) is 6.42 Å². The number of hydrogen-bond donors (Lipinski definition) is 3. The third-order valence-corrected chi connectivity index (χ3v) is 1.77. The van der Waals surface area contributed by atoms with E-state index < -0.39 is 0 Å². The summed E-state index contributed by atoms with van der Waals surface area (Å²) in [5, 5.41) is 11.8. The van der Waals surface area contributed by atoms with E-state index in [0.29, 0.717) is 18.7 Å². The molecule has 0 radical (unpaired) electrons. The first-order valence-corrected chi connectivity index (χ1v) is 4.51. The fourth-order valence-electron chi connectivity index (χ4n) is 1.05. The van der Waals surface area contributed by atoms with Crippen LogP contribution in [-0.4, -0.2) is 24.1 Å². The number of nitrogens with one attached hydrogen (secondary N) is 1. The molecule has 0 aliphatic carbocycles. The van der Waals surface area contributed by atoms with E-state index in [2.05, 4.69) is 5.32 Å². The molecule has 0 aromatic heterocycles. The highest BCUT2D eigenvalue weighted by molar-refractivity contribution is 5.94. The molecule has 4 nitrogen and oxygen atoms in total. The van der Waals surface area contributed by atoms with Crippen molar-refractivity contribution in [1.82, 2.24) is 5.32 Å². The summed E-state index contributed by atoms with van der Waals surface area (Å²) in [6, 6.07) is 6.24. The van der Waals surface area contributed by atoms with E-state index in [1.165, 1.54) is 12.1 Å². The number of rotatable bonds is 4. The zero-order valence-electron chi connectivity index (χ0n) is 7.86. The van der Waals surface area contributed by atoms with E-state index in [1.807, 2.05) is 0 Å². The van der Waals surface area contributed by atoms with Crippen LogP contribution in [0, 0.1) is 0 Å². The van der Waals surface area contributed by atoms with E-state index in [9.17, 15) is 4.79 Å². The first kappa shape index (κ1) is 10.5. The van der Waals surface area contributed by atoms with Crippen LogP contribution in [0.3, 0.4) is 0 Å². The maximum absolute atomic E-state index is 11.4. The van der Waals surface area contributed by atoms with Crippen molar-refractivity contribution in [3.63, 3.8) is 0 Å². The summed E-state index contributed by atoms with van der Waals surface area (Å²) < 4.78 is 0. The second kappa shape index (κ2) is 5.24. The molecule has 0 unspecified atom stereocenters. The summed E-state index contributed by atoms with van der Waals surface area (Å²) in [4.78, 5) is 11.4. The van der Waals surface area contributed by atoms with Crippen LogP contribution in [0.2, 0.25) is 0 Å². The molecular formula is C10H14N2O2. The predicted molar refractivity (Wildman–Crippen MR) is 54.1 cm³/mol. The number of carbonyl (C=O) groups is 1. The Morgan fingerprint density at radius 3 is 2.93 bits per heavy atom. The van der Waals surface area contributed by atoms with Crippen molar-refractivity contribution >= 4 is 5.91 Å². The lowest BCUT2D eigenvalue weighted by atomic mass is 10.2. The van der Waals surface area contributed by atoms with Gasteiger partial charge in [0, 0.05) is 12.1 Å². The Morgan fingerprint density at radius 2 is 2.29 bits per heavy atom.